The summed E-state index contributed by atoms with van der Waals surface area (Å²) in [6, 6.07) is 4.31. The van der Waals surface area contributed by atoms with Gasteiger partial charge in [0.05, 0.1) is 6.26 Å². The molecule has 1 heterocycles. The minimum atomic E-state index is 0.362. The Morgan fingerprint density at radius 1 is 1.60 bits per heavy atom. The highest BCUT2D eigenvalue weighted by Crippen LogP contribution is 2.33. The lowest BCUT2D eigenvalue weighted by Crippen LogP contribution is -2.41. The molecule has 0 saturated heterocycles. The molecule has 0 aromatic carbocycles. The van der Waals surface area contributed by atoms with Crippen molar-refractivity contribution < 1.29 is 4.42 Å². The second-order valence-corrected chi connectivity index (χ2v) is 4.73. The third kappa shape index (κ3) is 2.61. The molecular formula is C12H20N2O. The number of rotatable bonds is 4. The number of nitrogens with two attached hydrogens (primary N) is 1. The van der Waals surface area contributed by atoms with Crippen LogP contribution in [0.15, 0.2) is 22.8 Å². The molecule has 1 fully saturated rings. The van der Waals surface area contributed by atoms with E-state index in [0.29, 0.717) is 12.0 Å². The highest BCUT2D eigenvalue weighted by atomic mass is 16.3. The van der Waals surface area contributed by atoms with Crippen molar-refractivity contribution in [3.05, 3.63) is 24.2 Å². The SMILES string of the molecule is CC1CCC(C(Cc2ccco2)NN)C1. The van der Waals surface area contributed by atoms with Crippen molar-refractivity contribution >= 4 is 0 Å². The molecule has 0 bridgehead atoms. The Hall–Kier alpha value is -0.800. The zero-order valence-corrected chi connectivity index (χ0v) is 9.28. The van der Waals surface area contributed by atoms with Gasteiger partial charge in [0.15, 0.2) is 0 Å². The maximum absolute atomic E-state index is 5.62. The van der Waals surface area contributed by atoms with Crippen LogP contribution in [0, 0.1) is 11.8 Å². The molecule has 84 valence electrons. The van der Waals surface area contributed by atoms with Crippen molar-refractivity contribution in [1.29, 1.82) is 0 Å². The van der Waals surface area contributed by atoms with Crippen LogP contribution in [0.2, 0.25) is 0 Å². The summed E-state index contributed by atoms with van der Waals surface area (Å²) in [6.07, 6.45) is 6.54. The van der Waals surface area contributed by atoms with Gasteiger partial charge in [0.2, 0.25) is 0 Å². The zero-order chi connectivity index (χ0) is 10.7. The van der Waals surface area contributed by atoms with Crippen molar-refractivity contribution in [2.45, 2.75) is 38.6 Å². The number of furan rings is 1. The fraction of sp³-hybridized carbons (Fsp3) is 0.667. The highest BCUT2D eigenvalue weighted by molar-refractivity contribution is 5.01. The first-order valence-corrected chi connectivity index (χ1v) is 5.78. The average molecular weight is 208 g/mol. The van der Waals surface area contributed by atoms with Crippen LogP contribution < -0.4 is 11.3 Å². The Labute approximate surface area is 91.0 Å². The fourth-order valence-electron chi connectivity index (χ4n) is 2.62. The van der Waals surface area contributed by atoms with Crippen LogP contribution in [0.4, 0.5) is 0 Å². The van der Waals surface area contributed by atoms with E-state index in [4.69, 9.17) is 10.3 Å². The van der Waals surface area contributed by atoms with Crippen molar-refractivity contribution in [2.24, 2.45) is 17.7 Å². The Bertz CT molecular complexity index is 284. The van der Waals surface area contributed by atoms with E-state index in [0.717, 1.165) is 18.1 Å². The van der Waals surface area contributed by atoms with Gasteiger partial charge in [-0.15, -0.1) is 0 Å². The normalized spacial score (nSPS) is 28.1. The maximum Gasteiger partial charge on any atom is 0.105 e. The van der Waals surface area contributed by atoms with Crippen LogP contribution in [0.1, 0.15) is 31.9 Å². The first kappa shape index (κ1) is 10.7. The highest BCUT2D eigenvalue weighted by Gasteiger charge is 2.28. The first-order chi connectivity index (χ1) is 7.29. The van der Waals surface area contributed by atoms with E-state index in [-0.39, 0.29) is 0 Å². The van der Waals surface area contributed by atoms with Gasteiger partial charge in [0, 0.05) is 12.5 Å². The average Bonchev–Trinajstić information content (AvgIpc) is 2.85. The molecule has 1 aliphatic carbocycles. The number of hydrogen-bond acceptors (Lipinski definition) is 3. The van der Waals surface area contributed by atoms with Gasteiger partial charge in [-0.05, 0) is 36.8 Å². The molecule has 1 aromatic heterocycles. The molecule has 1 aromatic rings. The Morgan fingerprint density at radius 3 is 3.00 bits per heavy atom. The van der Waals surface area contributed by atoms with Gasteiger partial charge >= 0.3 is 0 Å². The Morgan fingerprint density at radius 2 is 2.47 bits per heavy atom. The maximum atomic E-state index is 5.62. The second kappa shape index (κ2) is 4.81. The monoisotopic (exact) mass is 208 g/mol. The van der Waals surface area contributed by atoms with Crippen molar-refractivity contribution in [3.63, 3.8) is 0 Å². The predicted octanol–water partition coefficient (Wildman–Crippen LogP) is 2.09. The summed E-state index contributed by atoms with van der Waals surface area (Å²) in [7, 11) is 0. The van der Waals surface area contributed by atoms with Gasteiger partial charge in [-0.1, -0.05) is 13.3 Å². The summed E-state index contributed by atoms with van der Waals surface area (Å²) >= 11 is 0. The van der Waals surface area contributed by atoms with E-state index in [1.54, 1.807) is 6.26 Å². The van der Waals surface area contributed by atoms with Gasteiger partial charge in [-0.2, -0.15) is 0 Å². The molecule has 0 amide bonds. The molecule has 3 nitrogen and oxygen atoms in total. The van der Waals surface area contributed by atoms with E-state index in [2.05, 4.69) is 12.3 Å². The smallest absolute Gasteiger partial charge is 0.105 e. The van der Waals surface area contributed by atoms with E-state index in [1.807, 2.05) is 12.1 Å². The van der Waals surface area contributed by atoms with Crippen LogP contribution in [0.5, 0.6) is 0 Å². The molecule has 0 radical (unpaired) electrons. The molecule has 3 heteroatoms. The van der Waals surface area contributed by atoms with Crippen molar-refractivity contribution in [1.82, 2.24) is 5.43 Å². The molecule has 15 heavy (non-hydrogen) atoms. The number of hydrazine groups is 1. The standard InChI is InChI=1S/C12H20N2O/c1-9-4-5-10(7-9)12(14-13)8-11-3-2-6-15-11/h2-3,6,9-10,12,14H,4-5,7-8,13H2,1H3. The van der Waals surface area contributed by atoms with Crippen LogP contribution in [-0.2, 0) is 6.42 Å². The van der Waals surface area contributed by atoms with Gasteiger partial charge < -0.3 is 4.42 Å². The summed E-state index contributed by atoms with van der Waals surface area (Å²) in [5.74, 6) is 8.20. The van der Waals surface area contributed by atoms with Gasteiger partial charge in [-0.25, -0.2) is 0 Å². The second-order valence-electron chi connectivity index (χ2n) is 4.73. The van der Waals surface area contributed by atoms with Crippen molar-refractivity contribution in [2.75, 3.05) is 0 Å². The third-order valence-electron chi connectivity index (χ3n) is 3.52. The molecule has 3 atom stereocenters. The molecule has 1 aliphatic rings. The van der Waals surface area contributed by atoms with Gasteiger partial charge in [0.25, 0.3) is 0 Å². The van der Waals surface area contributed by atoms with Crippen LogP contribution in [0.3, 0.4) is 0 Å². The summed E-state index contributed by atoms with van der Waals surface area (Å²) in [5.41, 5.74) is 2.94. The van der Waals surface area contributed by atoms with Crippen LogP contribution in [0.25, 0.3) is 0 Å². The molecule has 1 saturated carbocycles. The lowest BCUT2D eigenvalue weighted by molar-refractivity contribution is 0.333. The largest absolute Gasteiger partial charge is 0.469 e. The third-order valence-corrected chi connectivity index (χ3v) is 3.52. The van der Waals surface area contributed by atoms with Crippen LogP contribution in [-0.4, -0.2) is 6.04 Å². The molecule has 3 unspecified atom stereocenters. The Kier molecular flexibility index (Phi) is 3.44. The predicted molar refractivity (Wildman–Crippen MR) is 60.0 cm³/mol. The molecule has 2 rings (SSSR count). The van der Waals surface area contributed by atoms with E-state index in [9.17, 15) is 0 Å². The number of nitrogens with one attached hydrogen (secondary N) is 1. The molecule has 0 spiro atoms. The minimum Gasteiger partial charge on any atom is -0.469 e. The summed E-state index contributed by atoms with van der Waals surface area (Å²) in [6.45, 7) is 2.32. The fourth-order valence-corrected chi connectivity index (χ4v) is 2.62. The Balaban J connectivity index is 1.92. The summed E-state index contributed by atoms with van der Waals surface area (Å²) in [4.78, 5) is 0. The quantitative estimate of drug-likeness (QED) is 0.588. The topological polar surface area (TPSA) is 51.2 Å². The number of hydrogen-bond donors (Lipinski definition) is 2. The van der Waals surface area contributed by atoms with E-state index < -0.39 is 0 Å². The zero-order valence-electron chi connectivity index (χ0n) is 9.28. The molecular weight excluding hydrogens is 188 g/mol. The first-order valence-electron chi connectivity index (χ1n) is 5.78. The van der Waals surface area contributed by atoms with E-state index >= 15 is 0 Å². The van der Waals surface area contributed by atoms with Gasteiger partial charge in [0.1, 0.15) is 5.76 Å². The van der Waals surface area contributed by atoms with Gasteiger partial charge in [-0.3, -0.25) is 11.3 Å². The minimum absolute atomic E-state index is 0.362. The summed E-state index contributed by atoms with van der Waals surface area (Å²) in [5, 5.41) is 0. The van der Waals surface area contributed by atoms with E-state index in [1.165, 1.54) is 19.3 Å². The molecule has 0 aliphatic heterocycles. The molecule has 3 N–H and O–H groups in total. The lowest BCUT2D eigenvalue weighted by Gasteiger charge is -2.21. The summed E-state index contributed by atoms with van der Waals surface area (Å²) < 4.78 is 5.36. The van der Waals surface area contributed by atoms with Crippen molar-refractivity contribution in [3.8, 4) is 0 Å². The lowest BCUT2D eigenvalue weighted by atomic mass is 9.94. The van der Waals surface area contributed by atoms with Crippen LogP contribution >= 0.6 is 0 Å².